The molecule has 15 heavy (non-hydrogen) atoms. The lowest BCUT2D eigenvalue weighted by molar-refractivity contribution is 0.403. The third-order valence-corrected chi connectivity index (χ3v) is 2.38. The molecule has 0 saturated heterocycles. The number of hydrogen-bond acceptors (Lipinski definition) is 2. The largest absolute Gasteiger partial charge is 0.496 e. The maximum absolute atomic E-state index is 5.31. The lowest BCUT2D eigenvalue weighted by atomic mass is 10.1. The fraction of sp³-hybridized carbons (Fsp3) is 0.385. The van der Waals surface area contributed by atoms with Gasteiger partial charge in [0.25, 0.3) is 0 Å². The maximum Gasteiger partial charge on any atom is 0.123 e. The molecule has 1 aromatic rings. The lowest BCUT2D eigenvalue weighted by Crippen LogP contribution is -2.18. The summed E-state index contributed by atoms with van der Waals surface area (Å²) in [5.74, 6) is 0.943. The smallest absolute Gasteiger partial charge is 0.123 e. The van der Waals surface area contributed by atoms with Crippen molar-refractivity contribution in [2.45, 2.75) is 19.9 Å². The van der Waals surface area contributed by atoms with Crippen molar-refractivity contribution in [3.8, 4) is 5.75 Å². The average molecular weight is 205 g/mol. The number of methoxy groups -OCH3 is 1. The summed E-state index contributed by atoms with van der Waals surface area (Å²) >= 11 is 0. The van der Waals surface area contributed by atoms with Gasteiger partial charge in [-0.05, 0) is 19.9 Å². The summed E-state index contributed by atoms with van der Waals surface area (Å²) in [4.78, 5) is 0. The molecule has 1 atom stereocenters. The molecule has 0 radical (unpaired) electrons. The summed E-state index contributed by atoms with van der Waals surface area (Å²) in [5, 5.41) is 3.41. The molecule has 0 heterocycles. The van der Waals surface area contributed by atoms with E-state index in [-0.39, 0.29) is 0 Å². The second-order valence-electron chi connectivity index (χ2n) is 3.44. The summed E-state index contributed by atoms with van der Waals surface area (Å²) in [6, 6.07) is 8.40. The van der Waals surface area contributed by atoms with Gasteiger partial charge in [-0.1, -0.05) is 30.4 Å². The Bertz CT molecular complexity index is 320. The molecule has 0 spiro atoms. The Morgan fingerprint density at radius 2 is 2.13 bits per heavy atom. The van der Waals surface area contributed by atoms with Crippen molar-refractivity contribution in [1.29, 1.82) is 0 Å². The second kappa shape index (κ2) is 6.25. The molecular weight excluding hydrogens is 186 g/mol. The summed E-state index contributed by atoms with van der Waals surface area (Å²) in [6.45, 7) is 5.05. The molecule has 1 rings (SSSR count). The SMILES string of the molecule is C/C=C/CN[C@@H](C)c1ccccc1OC. The highest BCUT2D eigenvalue weighted by molar-refractivity contribution is 5.35. The first-order valence-corrected chi connectivity index (χ1v) is 5.27. The van der Waals surface area contributed by atoms with Crippen LogP contribution >= 0.6 is 0 Å². The zero-order valence-electron chi connectivity index (χ0n) is 9.66. The van der Waals surface area contributed by atoms with Gasteiger partial charge in [-0.25, -0.2) is 0 Å². The highest BCUT2D eigenvalue weighted by Gasteiger charge is 2.08. The molecule has 2 nitrogen and oxygen atoms in total. The Kier molecular flexibility index (Phi) is 4.91. The normalized spacial score (nSPS) is 13.0. The number of para-hydroxylation sites is 1. The molecule has 0 bridgehead atoms. The maximum atomic E-state index is 5.31. The molecule has 0 aliphatic rings. The van der Waals surface area contributed by atoms with E-state index < -0.39 is 0 Å². The van der Waals surface area contributed by atoms with E-state index in [0.717, 1.165) is 12.3 Å². The van der Waals surface area contributed by atoms with Crippen LogP contribution in [0.25, 0.3) is 0 Å². The monoisotopic (exact) mass is 205 g/mol. The van der Waals surface area contributed by atoms with Gasteiger partial charge < -0.3 is 10.1 Å². The molecule has 0 aliphatic carbocycles. The van der Waals surface area contributed by atoms with Crippen LogP contribution in [0.3, 0.4) is 0 Å². The average Bonchev–Trinajstić information content (AvgIpc) is 2.29. The van der Waals surface area contributed by atoms with Crippen LogP contribution in [0.4, 0.5) is 0 Å². The van der Waals surface area contributed by atoms with Crippen molar-refractivity contribution in [2.75, 3.05) is 13.7 Å². The third-order valence-electron chi connectivity index (χ3n) is 2.38. The van der Waals surface area contributed by atoms with Crippen LogP contribution in [-0.2, 0) is 0 Å². The molecule has 0 saturated carbocycles. The van der Waals surface area contributed by atoms with Crippen LogP contribution in [0.5, 0.6) is 5.75 Å². The minimum Gasteiger partial charge on any atom is -0.496 e. The predicted octanol–water partition coefficient (Wildman–Crippen LogP) is 2.92. The summed E-state index contributed by atoms with van der Waals surface area (Å²) < 4.78 is 5.31. The highest BCUT2D eigenvalue weighted by atomic mass is 16.5. The first kappa shape index (κ1) is 11.8. The summed E-state index contributed by atoms with van der Waals surface area (Å²) in [6.07, 6.45) is 4.15. The number of nitrogens with one attached hydrogen (secondary N) is 1. The summed E-state index contributed by atoms with van der Waals surface area (Å²) in [5.41, 5.74) is 1.20. The molecule has 82 valence electrons. The number of rotatable bonds is 5. The Labute approximate surface area is 92.0 Å². The third kappa shape index (κ3) is 3.40. The van der Waals surface area contributed by atoms with Crippen molar-refractivity contribution in [2.24, 2.45) is 0 Å². The fourth-order valence-electron chi connectivity index (χ4n) is 1.50. The van der Waals surface area contributed by atoms with Gasteiger partial charge in [0.05, 0.1) is 7.11 Å². The van der Waals surface area contributed by atoms with Crippen LogP contribution in [0, 0.1) is 0 Å². The minimum absolute atomic E-state index is 0.303. The molecule has 0 aromatic heterocycles. The van der Waals surface area contributed by atoms with Gasteiger partial charge in [0.1, 0.15) is 5.75 Å². The van der Waals surface area contributed by atoms with E-state index in [1.165, 1.54) is 5.56 Å². The van der Waals surface area contributed by atoms with Gasteiger partial charge in [0.15, 0.2) is 0 Å². The number of hydrogen-bond donors (Lipinski definition) is 1. The van der Waals surface area contributed by atoms with Gasteiger partial charge in [0, 0.05) is 18.2 Å². The zero-order chi connectivity index (χ0) is 11.1. The van der Waals surface area contributed by atoms with Crippen molar-refractivity contribution >= 4 is 0 Å². The van der Waals surface area contributed by atoms with Gasteiger partial charge in [-0.2, -0.15) is 0 Å². The summed E-state index contributed by atoms with van der Waals surface area (Å²) in [7, 11) is 1.71. The molecule has 1 aromatic carbocycles. The Morgan fingerprint density at radius 3 is 2.80 bits per heavy atom. The van der Waals surface area contributed by atoms with E-state index in [9.17, 15) is 0 Å². The van der Waals surface area contributed by atoms with E-state index in [2.05, 4.69) is 24.4 Å². The van der Waals surface area contributed by atoms with E-state index in [4.69, 9.17) is 4.74 Å². The second-order valence-corrected chi connectivity index (χ2v) is 3.44. The quantitative estimate of drug-likeness (QED) is 0.746. The molecule has 1 N–H and O–H groups in total. The van der Waals surface area contributed by atoms with E-state index in [1.54, 1.807) is 7.11 Å². The molecular formula is C13H19NO. The van der Waals surface area contributed by atoms with Crippen molar-refractivity contribution in [1.82, 2.24) is 5.32 Å². The van der Waals surface area contributed by atoms with Gasteiger partial charge in [0.2, 0.25) is 0 Å². The molecule has 0 amide bonds. The van der Waals surface area contributed by atoms with Gasteiger partial charge in [-0.15, -0.1) is 0 Å². The van der Waals surface area contributed by atoms with Crippen LogP contribution in [-0.4, -0.2) is 13.7 Å². The highest BCUT2D eigenvalue weighted by Crippen LogP contribution is 2.23. The standard InChI is InChI=1S/C13H19NO/c1-4-5-10-14-11(2)12-8-6-7-9-13(12)15-3/h4-9,11,14H,10H2,1-3H3/b5-4+/t11-/m0/s1. The van der Waals surface area contributed by atoms with E-state index >= 15 is 0 Å². The van der Waals surface area contributed by atoms with Crippen molar-refractivity contribution < 1.29 is 4.74 Å². The number of benzene rings is 1. The number of ether oxygens (including phenoxy) is 1. The van der Waals surface area contributed by atoms with Crippen LogP contribution in [0.1, 0.15) is 25.5 Å². The van der Waals surface area contributed by atoms with Crippen LogP contribution in [0.15, 0.2) is 36.4 Å². The van der Waals surface area contributed by atoms with Gasteiger partial charge >= 0.3 is 0 Å². The Morgan fingerprint density at radius 1 is 1.40 bits per heavy atom. The number of allylic oxidation sites excluding steroid dienone is 1. The molecule has 0 fully saturated rings. The minimum atomic E-state index is 0.303. The van der Waals surface area contributed by atoms with E-state index in [0.29, 0.717) is 6.04 Å². The molecule has 0 unspecified atom stereocenters. The Balaban J connectivity index is 2.67. The van der Waals surface area contributed by atoms with Crippen molar-refractivity contribution in [3.05, 3.63) is 42.0 Å². The van der Waals surface area contributed by atoms with Gasteiger partial charge in [-0.3, -0.25) is 0 Å². The predicted molar refractivity (Wildman–Crippen MR) is 64.2 cm³/mol. The first-order valence-electron chi connectivity index (χ1n) is 5.27. The first-order chi connectivity index (χ1) is 7.29. The van der Waals surface area contributed by atoms with Crippen LogP contribution < -0.4 is 10.1 Å². The zero-order valence-corrected chi connectivity index (χ0v) is 9.66. The molecule has 0 aliphatic heterocycles. The fourth-order valence-corrected chi connectivity index (χ4v) is 1.50. The van der Waals surface area contributed by atoms with E-state index in [1.807, 2.05) is 31.2 Å². The Hall–Kier alpha value is -1.28. The van der Waals surface area contributed by atoms with Crippen molar-refractivity contribution in [3.63, 3.8) is 0 Å². The lowest BCUT2D eigenvalue weighted by Gasteiger charge is -2.16. The molecule has 2 heteroatoms. The topological polar surface area (TPSA) is 21.3 Å². The van der Waals surface area contributed by atoms with Crippen LogP contribution in [0.2, 0.25) is 0 Å².